The van der Waals surface area contributed by atoms with Crippen molar-refractivity contribution in [1.82, 2.24) is 0 Å². The molecule has 0 saturated carbocycles. The van der Waals surface area contributed by atoms with E-state index in [0.717, 1.165) is 0 Å². The Morgan fingerprint density at radius 2 is 1.84 bits per heavy atom. The molecule has 0 aliphatic rings. The number of halogens is 3. The third-order valence-corrected chi connectivity index (χ3v) is 3.15. The van der Waals surface area contributed by atoms with Crippen molar-refractivity contribution in [3.8, 4) is 0 Å². The molecule has 0 saturated heterocycles. The number of benzene rings is 2. The average Bonchev–Trinajstić information content (AvgIpc) is 2.31. The minimum Gasteiger partial charge on any atom is -0.288 e. The molecule has 0 aliphatic heterocycles. The summed E-state index contributed by atoms with van der Waals surface area (Å²) in [6.45, 7) is 3.34. The van der Waals surface area contributed by atoms with E-state index in [2.05, 4.69) is 0 Å². The summed E-state index contributed by atoms with van der Waals surface area (Å²) in [5.74, 6) is -2.18. The van der Waals surface area contributed by atoms with Gasteiger partial charge in [0.1, 0.15) is 5.82 Å². The van der Waals surface area contributed by atoms with E-state index in [4.69, 9.17) is 11.6 Å². The lowest BCUT2D eigenvalue weighted by atomic mass is 9.96. The van der Waals surface area contributed by atoms with Gasteiger partial charge in [0, 0.05) is 0 Å². The van der Waals surface area contributed by atoms with Crippen LogP contribution in [0.25, 0.3) is 0 Å². The highest BCUT2D eigenvalue weighted by Gasteiger charge is 2.21. The fourth-order valence-corrected chi connectivity index (χ4v) is 2.19. The minimum absolute atomic E-state index is 0.119. The lowest BCUT2D eigenvalue weighted by Crippen LogP contribution is -2.09. The molecule has 0 spiro atoms. The molecule has 0 N–H and O–H groups in total. The molecule has 2 aromatic rings. The SMILES string of the molecule is Cc1cc(C)c(C(=O)c2cccc(Cl)c2F)c(F)c1. The Morgan fingerprint density at radius 1 is 1.16 bits per heavy atom. The molecule has 0 aliphatic carbocycles. The number of carbonyl (C=O) groups excluding carboxylic acids is 1. The quantitative estimate of drug-likeness (QED) is 0.742. The van der Waals surface area contributed by atoms with E-state index < -0.39 is 17.4 Å². The zero-order valence-electron chi connectivity index (χ0n) is 10.4. The molecule has 0 unspecified atom stereocenters. The molecular formula is C15H11ClF2O. The fourth-order valence-electron chi connectivity index (χ4n) is 2.02. The maximum atomic E-state index is 13.9. The Kier molecular flexibility index (Phi) is 3.67. The molecule has 0 fully saturated rings. The molecule has 2 aromatic carbocycles. The van der Waals surface area contributed by atoms with E-state index in [1.165, 1.54) is 24.3 Å². The van der Waals surface area contributed by atoms with Crippen molar-refractivity contribution in [3.05, 3.63) is 69.2 Å². The second-order valence-electron chi connectivity index (χ2n) is 4.37. The van der Waals surface area contributed by atoms with E-state index in [1.54, 1.807) is 19.9 Å². The summed E-state index contributed by atoms with van der Waals surface area (Å²) in [5.41, 5.74) is 0.838. The fraction of sp³-hybridized carbons (Fsp3) is 0.133. The van der Waals surface area contributed by atoms with Gasteiger partial charge in [0.05, 0.1) is 16.1 Å². The maximum Gasteiger partial charge on any atom is 0.199 e. The van der Waals surface area contributed by atoms with Gasteiger partial charge >= 0.3 is 0 Å². The summed E-state index contributed by atoms with van der Waals surface area (Å²) in [6, 6.07) is 7.02. The van der Waals surface area contributed by atoms with Crippen molar-refractivity contribution in [2.75, 3.05) is 0 Å². The first-order chi connectivity index (χ1) is 8.91. The average molecular weight is 281 g/mol. The first-order valence-electron chi connectivity index (χ1n) is 5.67. The zero-order chi connectivity index (χ0) is 14.2. The third-order valence-electron chi connectivity index (χ3n) is 2.86. The first-order valence-corrected chi connectivity index (χ1v) is 6.05. The molecule has 0 atom stereocenters. The van der Waals surface area contributed by atoms with Crippen LogP contribution in [0, 0.1) is 25.5 Å². The smallest absolute Gasteiger partial charge is 0.199 e. The normalized spacial score (nSPS) is 10.6. The van der Waals surface area contributed by atoms with E-state index in [-0.39, 0.29) is 16.1 Å². The van der Waals surface area contributed by atoms with Crippen LogP contribution < -0.4 is 0 Å². The Hall–Kier alpha value is -1.74. The largest absolute Gasteiger partial charge is 0.288 e. The summed E-state index contributed by atoms with van der Waals surface area (Å²) in [6.07, 6.45) is 0. The van der Waals surface area contributed by atoms with Crippen LogP contribution in [0.3, 0.4) is 0 Å². The molecule has 2 rings (SSSR count). The Bertz CT molecular complexity index is 642. The Labute approximate surface area is 114 Å². The second-order valence-corrected chi connectivity index (χ2v) is 4.78. The van der Waals surface area contributed by atoms with Crippen LogP contribution in [0.5, 0.6) is 0 Å². The van der Waals surface area contributed by atoms with Crippen molar-refractivity contribution in [3.63, 3.8) is 0 Å². The van der Waals surface area contributed by atoms with Gasteiger partial charge in [-0.3, -0.25) is 4.79 Å². The van der Waals surface area contributed by atoms with Gasteiger partial charge in [-0.05, 0) is 43.2 Å². The summed E-state index contributed by atoms with van der Waals surface area (Å²) < 4.78 is 27.7. The highest BCUT2D eigenvalue weighted by molar-refractivity contribution is 6.31. The molecule has 0 bridgehead atoms. The Morgan fingerprint density at radius 3 is 2.47 bits per heavy atom. The van der Waals surface area contributed by atoms with Gasteiger partial charge in [-0.15, -0.1) is 0 Å². The molecule has 4 heteroatoms. The molecular weight excluding hydrogens is 270 g/mol. The van der Waals surface area contributed by atoms with E-state index >= 15 is 0 Å². The molecule has 19 heavy (non-hydrogen) atoms. The number of ketones is 1. The highest BCUT2D eigenvalue weighted by Crippen LogP contribution is 2.24. The van der Waals surface area contributed by atoms with Crippen LogP contribution in [0.15, 0.2) is 30.3 Å². The molecule has 1 nitrogen and oxygen atoms in total. The third kappa shape index (κ3) is 2.51. The lowest BCUT2D eigenvalue weighted by molar-refractivity contribution is 0.103. The van der Waals surface area contributed by atoms with E-state index in [0.29, 0.717) is 11.1 Å². The summed E-state index contributed by atoms with van der Waals surface area (Å²) in [5, 5.41) is -0.156. The molecule has 0 amide bonds. The first kappa shape index (κ1) is 13.7. The number of hydrogen-bond donors (Lipinski definition) is 0. The van der Waals surface area contributed by atoms with Gasteiger partial charge in [-0.25, -0.2) is 8.78 Å². The number of carbonyl (C=O) groups is 1. The van der Waals surface area contributed by atoms with Gasteiger partial charge in [0.25, 0.3) is 0 Å². The zero-order valence-corrected chi connectivity index (χ0v) is 11.2. The lowest BCUT2D eigenvalue weighted by Gasteiger charge is -2.09. The van der Waals surface area contributed by atoms with Crippen LogP contribution in [0.1, 0.15) is 27.0 Å². The van der Waals surface area contributed by atoms with Gasteiger partial charge in [-0.1, -0.05) is 23.7 Å². The van der Waals surface area contributed by atoms with Gasteiger partial charge in [0.15, 0.2) is 11.6 Å². The molecule has 98 valence electrons. The van der Waals surface area contributed by atoms with Crippen molar-refractivity contribution >= 4 is 17.4 Å². The minimum atomic E-state index is -0.825. The van der Waals surface area contributed by atoms with Crippen LogP contribution in [-0.2, 0) is 0 Å². The maximum absolute atomic E-state index is 13.9. The topological polar surface area (TPSA) is 17.1 Å². The van der Waals surface area contributed by atoms with Crippen molar-refractivity contribution in [2.45, 2.75) is 13.8 Å². The number of aryl methyl sites for hydroxylation is 2. The Balaban J connectivity index is 2.60. The van der Waals surface area contributed by atoms with Crippen molar-refractivity contribution in [1.29, 1.82) is 0 Å². The van der Waals surface area contributed by atoms with Gasteiger partial charge in [-0.2, -0.15) is 0 Å². The number of rotatable bonds is 2. The van der Waals surface area contributed by atoms with Crippen LogP contribution in [0.4, 0.5) is 8.78 Å². The predicted octanol–water partition coefficient (Wildman–Crippen LogP) is 4.47. The predicted molar refractivity (Wildman–Crippen MR) is 70.7 cm³/mol. The van der Waals surface area contributed by atoms with Crippen molar-refractivity contribution < 1.29 is 13.6 Å². The molecule has 0 aromatic heterocycles. The summed E-state index contributed by atoms with van der Waals surface area (Å²) >= 11 is 5.63. The summed E-state index contributed by atoms with van der Waals surface area (Å²) in [4.78, 5) is 12.2. The van der Waals surface area contributed by atoms with Crippen molar-refractivity contribution in [2.24, 2.45) is 0 Å². The number of hydrogen-bond acceptors (Lipinski definition) is 1. The van der Waals surface area contributed by atoms with Crippen LogP contribution in [-0.4, -0.2) is 5.78 Å². The molecule has 0 heterocycles. The van der Waals surface area contributed by atoms with E-state index in [9.17, 15) is 13.6 Å². The monoisotopic (exact) mass is 280 g/mol. The standard InChI is InChI=1S/C15H11ClF2O/c1-8-6-9(2)13(12(17)7-8)15(19)10-4-3-5-11(16)14(10)18/h3-7H,1-2H3. The van der Waals surface area contributed by atoms with E-state index in [1.807, 2.05) is 0 Å². The van der Waals surface area contributed by atoms with Crippen LogP contribution >= 0.6 is 11.6 Å². The summed E-state index contributed by atoms with van der Waals surface area (Å²) in [7, 11) is 0. The van der Waals surface area contributed by atoms with Gasteiger partial charge < -0.3 is 0 Å². The molecule has 0 radical (unpaired) electrons. The van der Waals surface area contributed by atoms with Crippen LogP contribution in [0.2, 0.25) is 5.02 Å². The second kappa shape index (κ2) is 5.10. The highest BCUT2D eigenvalue weighted by atomic mass is 35.5. The van der Waals surface area contributed by atoms with Gasteiger partial charge in [0.2, 0.25) is 0 Å².